The minimum atomic E-state index is -1.81. The molecule has 0 aliphatic rings. The molecule has 4 nitrogen and oxygen atoms in total. The number of benzene rings is 2. The maximum Gasteiger partial charge on any atom is 0.488 e. The first-order valence-corrected chi connectivity index (χ1v) is 5.97. The maximum atomic E-state index is 13.3. The molecule has 0 bridgehead atoms. The van der Waals surface area contributed by atoms with Gasteiger partial charge in [0.25, 0.3) is 0 Å². The molecule has 0 aliphatic carbocycles. The monoisotopic (exact) mass is 289 g/mol. The lowest BCUT2D eigenvalue weighted by molar-refractivity contribution is 0.304. The summed E-state index contributed by atoms with van der Waals surface area (Å²) < 4.78 is 31.8. The topological polar surface area (TPSA) is 73.5 Å². The lowest BCUT2D eigenvalue weighted by Gasteiger charge is -2.09. The van der Waals surface area contributed by atoms with E-state index in [0.29, 0.717) is 5.56 Å². The van der Waals surface area contributed by atoms with Crippen molar-refractivity contribution in [2.24, 2.45) is 0 Å². The van der Waals surface area contributed by atoms with Crippen molar-refractivity contribution in [1.29, 1.82) is 5.26 Å². The number of hydrogen-bond donors (Lipinski definition) is 2. The van der Waals surface area contributed by atoms with Gasteiger partial charge in [0.2, 0.25) is 0 Å². The zero-order valence-corrected chi connectivity index (χ0v) is 10.8. The van der Waals surface area contributed by atoms with Gasteiger partial charge in [0.1, 0.15) is 30.1 Å². The highest BCUT2D eigenvalue weighted by Crippen LogP contribution is 2.15. The average Bonchev–Trinajstić information content (AvgIpc) is 2.45. The molecular formula is C14H10BF2NO3. The predicted molar refractivity (Wildman–Crippen MR) is 71.7 cm³/mol. The van der Waals surface area contributed by atoms with E-state index in [1.807, 2.05) is 0 Å². The first-order valence-electron chi connectivity index (χ1n) is 5.97. The number of rotatable bonds is 4. The van der Waals surface area contributed by atoms with Crippen molar-refractivity contribution in [2.75, 3.05) is 0 Å². The summed E-state index contributed by atoms with van der Waals surface area (Å²) in [5.74, 6) is -1.20. The van der Waals surface area contributed by atoms with Crippen LogP contribution in [-0.2, 0) is 6.61 Å². The van der Waals surface area contributed by atoms with E-state index in [9.17, 15) is 8.78 Å². The second-order valence-corrected chi connectivity index (χ2v) is 4.31. The summed E-state index contributed by atoms with van der Waals surface area (Å²) in [7, 11) is -1.81. The summed E-state index contributed by atoms with van der Waals surface area (Å²) >= 11 is 0. The number of nitrogens with zero attached hydrogens (tertiary/aromatic N) is 1. The molecule has 0 amide bonds. The van der Waals surface area contributed by atoms with Gasteiger partial charge in [-0.25, -0.2) is 8.78 Å². The molecule has 0 aliphatic heterocycles. The van der Waals surface area contributed by atoms with Crippen molar-refractivity contribution in [3.63, 3.8) is 0 Å². The Balaban J connectivity index is 2.15. The van der Waals surface area contributed by atoms with Crippen molar-refractivity contribution in [1.82, 2.24) is 0 Å². The minimum absolute atomic E-state index is 0.0145. The predicted octanol–water partition coefficient (Wildman–Crippen LogP) is 1.10. The largest absolute Gasteiger partial charge is 0.489 e. The molecule has 0 saturated heterocycles. The Labute approximate surface area is 120 Å². The highest BCUT2D eigenvalue weighted by molar-refractivity contribution is 6.58. The Hall–Kier alpha value is -2.43. The smallest absolute Gasteiger partial charge is 0.488 e. The van der Waals surface area contributed by atoms with Crippen LogP contribution in [0.5, 0.6) is 5.75 Å². The van der Waals surface area contributed by atoms with Crippen LogP contribution in [0.1, 0.15) is 11.1 Å². The third-order valence-electron chi connectivity index (χ3n) is 2.75. The first-order chi connectivity index (χ1) is 9.99. The molecule has 0 saturated carbocycles. The van der Waals surface area contributed by atoms with E-state index in [1.165, 1.54) is 18.2 Å². The number of hydrogen-bond acceptors (Lipinski definition) is 4. The lowest BCUT2D eigenvalue weighted by atomic mass is 9.80. The molecule has 2 aromatic carbocycles. The van der Waals surface area contributed by atoms with Crippen molar-refractivity contribution in [3.05, 3.63) is 59.2 Å². The van der Waals surface area contributed by atoms with Crippen LogP contribution in [0.25, 0.3) is 0 Å². The standard InChI is InChI=1S/C14H10BF2NO3/c16-12-4-11(15(19)20)5-13(6-12)21-8-9-1-2-14(17)10(3-9)7-18/h1-6,19-20H,8H2. The van der Waals surface area contributed by atoms with Crippen LogP contribution in [0.2, 0.25) is 0 Å². The van der Waals surface area contributed by atoms with Crippen molar-refractivity contribution < 1.29 is 23.6 Å². The molecule has 7 heteroatoms. The van der Waals surface area contributed by atoms with E-state index in [0.717, 1.165) is 18.2 Å². The van der Waals surface area contributed by atoms with Crippen LogP contribution in [-0.4, -0.2) is 17.2 Å². The van der Waals surface area contributed by atoms with Crippen molar-refractivity contribution in [3.8, 4) is 11.8 Å². The van der Waals surface area contributed by atoms with Crippen LogP contribution in [0.4, 0.5) is 8.78 Å². The molecule has 21 heavy (non-hydrogen) atoms. The zero-order valence-electron chi connectivity index (χ0n) is 10.8. The van der Waals surface area contributed by atoms with Crippen LogP contribution in [0.3, 0.4) is 0 Å². The van der Waals surface area contributed by atoms with E-state index in [-0.39, 0.29) is 23.4 Å². The van der Waals surface area contributed by atoms with Gasteiger partial charge in [0.15, 0.2) is 0 Å². The Bertz CT molecular complexity index is 701. The molecule has 0 fully saturated rings. The quantitative estimate of drug-likeness (QED) is 0.826. The molecule has 0 spiro atoms. The maximum absolute atomic E-state index is 13.3. The fourth-order valence-electron chi connectivity index (χ4n) is 1.73. The zero-order chi connectivity index (χ0) is 15.4. The Kier molecular flexibility index (Phi) is 4.53. The SMILES string of the molecule is N#Cc1cc(COc2cc(F)cc(B(O)O)c2)ccc1F. The molecule has 2 aromatic rings. The van der Waals surface area contributed by atoms with Gasteiger partial charge >= 0.3 is 7.12 Å². The van der Waals surface area contributed by atoms with E-state index < -0.39 is 18.8 Å². The Morgan fingerprint density at radius 2 is 1.90 bits per heavy atom. The van der Waals surface area contributed by atoms with E-state index in [4.69, 9.17) is 20.0 Å². The summed E-state index contributed by atoms with van der Waals surface area (Å²) in [6.45, 7) is -0.0145. The number of ether oxygens (including phenoxy) is 1. The fraction of sp³-hybridized carbons (Fsp3) is 0.0714. The fourth-order valence-corrected chi connectivity index (χ4v) is 1.73. The normalized spacial score (nSPS) is 10.0. The van der Waals surface area contributed by atoms with Gasteiger partial charge < -0.3 is 14.8 Å². The lowest BCUT2D eigenvalue weighted by Crippen LogP contribution is -2.30. The Morgan fingerprint density at radius 1 is 1.14 bits per heavy atom. The third kappa shape index (κ3) is 3.78. The summed E-state index contributed by atoms with van der Waals surface area (Å²) in [6.07, 6.45) is 0. The summed E-state index contributed by atoms with van der Waals surface area (Å²) in [4.78, 5) is 0. The van der Waals surface area contributed by atoms with E-state index in [2.05, 4.69) is 0 Å². The molecular weight excluding hydrogens is 279 g/mol. The van der Waals surface area contributed by atoms with Gasteiger partial charge in [0.05, 0.1) is 5.56 Å². The molecule has 0 heterocycles. The molecule has 0 radical (unpaired) electrons. The van der Waals surface area contributed by atoms with Crippen LogP contribution < -0.4 is 10.2 Å². The number of nitriles is 1. The molecule has 0 aromatic heterocycles. The van der Waals surface area contributed by atoms with E-state index >= 15 is 0 Å². The minimum Gasteiger partial charge on any atom is -0.489 e. The molecule has 0 atom stereocenters. The van der Waals surface area contributed by atoms with Crippen molar-refractivity contribution >= 4 is 12.6 Å². The summed E-state index contributed by atoms with van der Waals surface area (Å²) in [5.41, 5.74) is 0.381. The Morgan fingerprint density at radius 3 is 2.57 bits per heavy atom. The van der Waals surface area contributed by atoms with Gasteiger partial charge in [-0.1, -0.05) is 6.07 Å². The van der Waals surface area contributed by atoms with Gasteiger partial charge in [-0.15, -0.1) is 0 Å². The van der Waals surface area contributed by atoms with Crippen LogP contribution >= 0.6 is 0 Å². The highest BCUT2D eigenvalue weighted by atomic mass is 19.1. The van der Waals surface area contributed by atoms with Gasteiger partial charge in [-0.05, 0) is 35.3 Å². The van der Waals surface area contributed by atoms with Crippen molar-refractivity contribution in [2.45, 2.75) is 6.61 Å². The molecule has 106 valence electrons. The summed E-state index contributed by atoms with van der Waals surface area (Å²) in [5, 5.41) is 26.8. The second kappa shape index (κ2) is 6.35. The molecule has 2 N–H and O–H groups in total. The van der Waals surface area contributed by atoms with E-state index in [1.54, 1.807) is 6.07 Å². The molecule has 0 unspecified atom stereocenters. The van der Waals surface area contributed by atoms with Crippen LogP contribution in [0.15, 0.2) is 36.4 Å². The van der Waals surface area contributed by atoms with Crippen LogP contribution in [0, 0.1) is 23.0 Å². The summed E-state index contributed by atoms with van der Waals surface area (Å²) in [6, 6.07) is 8.97. The third-order valence-corrected chi connectivity index (χ3v) is 2.75. The first kappa shape index (κ1) is 15.0. The van der Waals surface area contributed by atoms with Gasteiger partial charge in [-0.2, -0.15) is 5.26 Å². The van der Waals surface area contributed by atoms with Gasteiger partial charge in [-0.3, -0.25) is 0 Å². The second-order valence-electron chi connectivity index (χ2n) is 4.31. The average molecular weight is 289 g/mol. The number of halogens is 2. The molecule has 2 rings (SSSR count). The highest BCUT2D eigenvalue weighted by Gasteiger charge is 2.14. The van der Waals surface area contributed by atoms with Gasteiger partial charge in [0, 0.05) is 6.07 Å².